The lowest BCUT2D eigenvalue weighted by Crippen LogP contribution is -2.44. The topological polar surface area (TPSA) is 55.1 Å². The Morgan fingerprint density at radius 2 is 1.92 bits per heavy atom. The average molecular weight is 320 g/mol. The summed E-state index contributed by atoms with van der Waals surface area (Å²) in [6.45, 7) is 5.08. The van der Waals surface area contributed by atoms with Crippen molar-refractivity contribution in [2.75, 3.05) is 13.1 Å². The van der Waals surface area contributed by atoms with Crippen LogP contribution in [0.5, 0.6) is 0 Å². The van der Waals surface area contributed by atoms with Crippen LogP contribution in [-0.4, -0.2) is 33.1 Å². The lowest BCUT2D eigenvalue weighted by Gasteiger charge is -2.37. The van der Waals surface area contributed by atoms with E-state index in [9.17, 15) is 0 Å². The number of likely N-dealkylation sites (tertiary alicyclic amines) is 1. The molecule has 5 nitrogen and oxygen atoms in total. The Labute approximate surface area is 141 Å². The van der Waals surface area contributed by atoms with Crippen LogP contribution < -0.4 is 0 Å². The Morgan fingerprint density at radius 3 is 2.62 bits per heavy atom. The fourth-order valence-electron chi connectivity index (χ4n) is 3.01. The molecule has 0 N–H and O–H groups in total. The zero-order valence-electron chi connectivity index (χ0n) is 13.7. The van der Waals surface area contributed by atoms with Crippen LogP contribution in [0.25, 0.3) is 11.4 Å². The lowest BCUT2D eigenvalue weighted by molar-refractivity contribution is 0.117. The van der Waals surface area contributed by atoms with Crippen molar-refractivity contribution in [3.63, 3.8) is 0 Å². The third-order valence-electron chi connectivity index (χ3n) is 4.51. The molecule has 0 bridgehead atoms. The first-order valence-electron chi connectivity index (χ1n) is 8.36. The van der Waals surface area contributed by atoms with Gasteiger partial charge in [-0.2, -0.15) is 4.98 Å². The molecule has 0 saturated carbocycles. The molecule has 2 aromatic heterocycles. The van der Waals surface area contributed by atoms with Gasteiger partial charge in [0.25, 0.3) is 0 Å². The van der Waals surface area contributed by atoms with Gasteiger partial charge in [-0.05, 0) is 29.7 Å². The van der Waals surface area contributed by atoms with Crippen LogP contribution in [0.1, 0.15) is 29.9 Å². The molecule has 0 aliphatic carbocycles. The molecule has 3 aromatic rings. The van der Waals surface area contributed by atoms with E-state index in [2.05, 4.69) is 51.2 Å². The first-order chi connectivity index (χ1) is 11.8. The first-order valence-corrected chi connectivity index (χ1v) is 8.36. The SMILES string of the molecule is CCc1ccc(CN2CC(c3nc(-c4cccnc4)no3)C2)cc1. The zero-order chi connectivity index (χ0) is 16.4. The highest BCUT2D eigenvalue weighted by Gasteiger charge is 2.32. The van der Waals surface area contributed by atoms with E-state index in [1.54, 1.807) is 12.4 Å². The van der Waals surface area contributed by atoms with Gasteiger partial charge in [0.1, 0.15) is 0 Å². The van der Waals surface area contributed by atoms with Crippen LogP contribution in [0.15, 0.2) is 53.3 Å². The van der Waals surface area contributed by atoms with Crippen LogP contribution in [0.4, 0.5) is 0 Å². The minimum absolute atomic E-state index is 0.331. The van der Waals surface area contributed by atoms with Crippen LogP contribution >= 0.6 is 0 Å². The van der Waals surface area contributed by atoms with Crippen LogP contribution in [0, 0.1) is 0 Å². The third kappa shape index (κ3) is 3.08. The molecule has 3 heterocycles. The number of nitrogens with zero attached hydrogens (tertiary/aromatic N) is 4. The quantitative estimate of drug-likeness (QED) is 0.722. The fraction of sp³-hybridized carbons (Fsp3) is 0.316. The van der Waals surface area contributed by atoms with Crippen molar-refractivity contribution in [1.29, 1.82) is 0 Å². The monoisotopic (exact) mass is 320 g/mol. The Morgan fingerprint density at radius 1 is 1.12 bits per heavy atom. The van der Waals surface area contributed by atoms with E-state index < -0.39 is 0 Å². The summed E-state index contributed by atoms with van der Waals surface area (Å²) in [4.78, 5) is 11.0. The zero-order valence-corrected chi connectivity index (χ0v) is 13.7. The molecule has 0 unspecified atom stereocenters. The summed E-state index contributed by atoms with van der Waals surface area (Å²) in [5.74, 6) is 1.68. The van der Waals surface area contributed by atoms with Crippen molar-refractivity contribution in [3.8, 4) is 11.4 Å². The van der Waals surface area contributed by atoms with Crippen LogP contribution in [0.2, 0.25) is 0 Å². The molecule has 122 valence electrons. The van der Waals surface area contributed by atoms with Crippen molar-refractivity contribution in [3.05, 3.63) is 65.8 Å². The van der Waals surface area contributed by atoms with Gasteiger partial charge in [-0.3, -0.25) is 9.88 Å². The van der Waals surface area contributed by atoms with E-state index in [0.717, 1.165) is 37.5 Å². The summed E-state index contributed by atoms with van der Waals surface area (Å²) >= 11 is 0. The molecule has 0 amide bonds. The third-order valence-corrected chi connectivity index (χ3v) is 4.51. The number of hydrogen-bond donors (Lipinski definition) is 0. The molecule has 0 atom stereocenters. The largest absolute Gasteiger partial charge is 0.339 e. The molecule has 1 fully saturated rings. The number of rotatable bonds is 5. The Hall–Kier alpha value is -2.53. The standard InChI is InChI=1S/C19H20N4O/c1-2-14-5-7-15(8-6-14)11-23-12-17(13-23)19-21-18(22-24-19)16-4-3-9-20-10-16/h3-10,17H,2,11-13H2,1H3. The summed E-state index contributed by atoms with van der Waals surface area (Å²) < 4.78 is 5.44. The van der Waals surface area contributed by atoms with E-state index in [-0.39, 0.29) is 0 Å². The maximum absolute atomic E-state index is 5.44. The summed E-state index contributed by atoms with van der Waals surface area (Å²) in [6.07, 6.45) is 4.57. The van der Waals surface area contributed by atoms with Gasteiger partial charge in [0.2, 0.25) is 11.7 Å². The molecule has 1 saturated heterocycles. The van der Waals surface area contributed by atoms with Gasteiger partial charge in [-0.1, -0.05) is 36.3 Å². The second kappa shape index (κ2) is 6.53. The second-order valence-corrected chi connectivity index (χ2v) is 6.26. The number of aromatic nitrogens is 3. The molecule has 4 rings (SSSR count). The molecule has 24 heavy (non-hydrogen) atoms. The Bertz CT molecular complexity index is 792. The molecular formula is C19H20N4O. The van der Waals surface area contributed by atoms with E-state index in [1.807, 2.05) is 12.1 Å². The number of aryl methyl sites for hydroxylation is 1. The predicted octanol–water partition coefficient (Wildman–Crippen LogP) is 3.29. The number of benzene rings is 1. The maximum atomic E-state index is 5.44. The summed E-state index contributed by atoms with van der Waals surface area (Å²) in [7, 11) is 0. The predicted molar refractivity (Wildman–Crippen MR) is 91.4 cm³/mol. The van der Waals surface area contributed by atoms with Crippen molar-refractivity contribution in [1.82, 2.24) is 20.0 Å². The molecule has 1 aromatic carbocycles. The van der Waals surface area contributed by atoms with Crippen molar-refractivity contribution < 1.29 is 4.52 Å². The average Bonchev–Trinajstić information content (AvgIpc) is 3.08. The van der Waals surface area contributed by atoms with Gasteiger partial charge in [0.15, 0.2) is 0 Å². The van der Waals surface area contributed by atoms with Gasteiger partial charge < -0.3 is 4.52 Å². The minimum atomic E-state index is 0.331. The Balaban J connectivity index is 1.35. The van der Waals surface area contributed by atoms with Crippen molar-refractivity contribution in [2.24, 2.45) is 0 Å². The molecule has 0 spiro atoms. The highest BCUT2D eigenvalue weighted by molar-refractivity contribution is 5.51. The summed E-state index contributed by atoms with van der Waals surface area (Å²) in [6, 6.07) is 12.7. The number of hydrogen-bond acceptors (Lipinski definition) is 5. The smallest absolute Gasteiger partial charge is 0.232 e. The molecule has 1 aliphatic heterocycles. The fourth-order valence-corrected chi connectivity index (χ4v) is 3.01. The highest BCUT2D eigenvalue weighted by Crippen LogP contribution is 2.28. The van der Waals surface area contributed by atoms with Crippen LogP contribution in [-0.2, 0) is 13.0 Å². The van der Waals surface area contributed by atoms with Gasteiger partial charge >= 0.3 is 0 Å². The summed E-state index contributed by atoms with van der Waals surface area (Å²) in [5, 5.41) is 4.07. The van der Waals surface area contributed by atoms with Gasteiger partial charge in [-0.15, -0.1) is 0 Å². The molecule has 1 aliphatic rings. The van der Waals surface area contributed by atoms with Crippen molar-refractivity contribution >= 4 is 0 Å². The van der Waals surface area contributed by atoms with Gasteiger partial charge in [0.05, 0.1) is 5.92 Å². The van der Waals surface area contributed by atoms with E-state index in [1.165, 1.54) is 11.1 Å². The normalized spacial score (nSPS) is 15.4. The second-order valence-electron chi connectivity index (χ2n) is 6.26. The van der Waals surface area contributed by atoms with E-state index in [0.29, 0.717) is 11.7 Å². The van der Waals surface area contributed by atoms with Gasteiger partial charge in [-0.25, -0.2) is 0 Å². The Kier molecular flexibility index (Phi) is 4.09. The molecule has 0 radical (unpaired) electrons. The lowest BCUT2D eigenvalue weighted by atomic mass is 9.99. The summed E-state index contributed by atoms with van der Waals surface area (Å²) in [5.41, 5.74) is 3.63. The molecular weight excluding hydrogens is 300 g/mol. The van der Waals surface area contributed by atoms with E-state index >= 15 is 0 Å². The molecule has 5 heteroatoms. The maximum Gasteiger partial charge on any atom is 0.232 e. The first kappa shape index (κ1) is 15.0. The minimum Gasteiger partial charge on any atom is -0.339 e. The van der Waals surface area contributed by atoms with Gasteiger partial charge in [0, 0.05) is 37.6 Å². The van der Waals surface area contributed by atoms with Crippen LogP contribution in [0.3, 0.4) is 0 Å². The van der Waals surface area contributed by atoms with Crippen molar-refractivity contribution in [2.45, 2.75) is 25.8 Å². The highest BCUT2D eigenvalue weighted by atomic mass is 16.5. The number of pyridine rings is 1. The van der Waals surface area contributed by atoms with E-state index in [4.69, 9.17) is 4.52 Å².